The van der Waals surface area contributed by atoms with E-state index in [1.807, 2.05) is 0 Å². The summed E-state index contributed by atoms with van der Waals surface area (Å²) in [4.78, 5) is 0. The summed E-state index contributed by atoms with van der Waals surface area (Å²) in [6.45, 7) is 1.39. The van der Waals surface area contributed by atoms with Gasteiger partial charge in [0.15, 0.2) is 0 Å². The van der Waals surface area contributed by atoms with Crippen molar-refractivity contribution < 1.29 is 0 Å². The molecule has 0 fully saturated rings. The molecule has 0 aliphatic heterocycles. The van der Waals surface area contributed by atoms with Crippen LogP contribution in [-0.2, 0) is 0 Å². The van der Waals surface area contributed by atoms with Crippen molar-refractivity contribution in [3.05, 3.63) is 6.54 Å². The highest BCUT2D eigenvalue weighted by molar-refractivity contribution is 6.18. The van der Waals surface area contributed by atoms with E-state index in [1.54, 1.807) is 0 Å². The van der Waals surface area contributed by atoms with Gasteiger partial charge in [-0.1, -0.05) is 0 Å². The first-order valence-corrected chi connectivity index (χ1v) is 1.54. The summed E-state index contributed by atoms with van der Waals surface area (Å²) in [5.41, 5.74) is 4.77. The van der Waals surface area contributed by atoms with Crippen LogP contribution in [0.5, 0.6) is 0 Å². The summed E-state index contributed by atoms with van der Waals surface area (Å²) in [5, 5.41) is 0. The number of alkyl halides is 1. The SMILES string of the molecule is N[CH]CCl. The Labute approximate surface area is 30.7 Å². The Bertz CT molecular complexity index is 8.00. The molecule has 0 heterocycles. The highest BCUT2D eigenvalue weighted by Crippen LogP contribution is 1.66. The van der Waals surface area contributed by atoms with Crippen LogP contribution in [0.1, 0.15) is 0 Å². The smallest absolute Gasteiger partial charge is 0.0390 e. The van der Waals surface area contributed by atoms with Crippen LogP contribution in [0.25, 0.3) is 0 Å². The van der Waals surface area contributed by atoms with Crippen molar-refractivity contribution in [1.29, 1.82) is 0 Å². The first-order chi connectivity index (χ1) is 1.91. The van der Waals surface area contributed by atoms with Gasteiger partial charge in [0.25, 0.3) is 0 Å². The summed E-state index contributed by atoms with van der Waals surface area (Å²) < 4.78 is 0. The molecule has 0 atom stereocenters. The molecule has 0 unspecified atom stereocenters. The van der Waals surface area contributed by atoms with Crippen LogP contribution in [0.4, 0.5) is 0 Å². The standard InChI is InChI=1S/C2H5ClN/c3-1-2-4/h2H,1,4H2. The Kier molecular flexibility index (Phi) is 3.45. The van der Waals surface area contributed by atoms with Crippen LogP contribution >= 0.6 is 11.6 Å². The van der Waals surface area contributed by atoms with Crippen molar-refractivity contribution >= 4 is 11.6 Å². The molecule has 2 heteroatoms. The number of hydrogen-bond donors (Lipinski definition) is 1. The molecular weight excluding hydrogens is 73.5 g/mol. The van der Waals surface area contributed by atoms with Crippen molar-refractivity contribution in [2.45, 2.75) is 0 Å². The second-order valence-electron chi connectivity index (χ2n) is 0.390. The van der Waals surface area contributed by atoms with E-state index in [0.717, 1.165) is 0 Å². The summed E-state index contributed by atoms with van der Waals surface area (Å²) in [5.74, 6) is 0.444. The minimum atomic E-state index is 0.444. The summed E-state index contributed by atoms with van der Waals surface area (Å²) in [7, 11) is 0. The molecule has 0 aromatic rings. The fraction of sp³-hybridized carbons (Fsp3) is 0.500. The lowest BCUT2D eigenvalue weighted by Crippen LogP contribution is -1.87. The van der Waals surface area contributed by atoms with E-state index in [4.69, 9.17) is 17.3 Å². The number of rotatable bonds is 1. The maximum absolute atomic E-state index is 5.01. The third-order valence-electron chi connectivity index (χ3n) is 0.0891. The van der Waals surface area contributed by atoms with Gasteiger partial charge in [0.2, 0.25) is 0 Å². The van der Waals surface area contributed by atoms with Gasteiger partial charge >= 0.3 is 0 Å². The largest absolute Gasteiger partial charge is 0.325 e. The zero-order valence-corrected chi connectivity index (χ0v) is 3.00. The average Bonchev–Trinajstić information content (AvgIpc) is 1.37. The van der Waals surface area contributed by atoms with Crippen molar-refractivity contribution in [2.24, 2.45) is 5.73 Å². The van der Waals surface area contributed by atoms with Gasteiger partial charge in [0.05, 0.1) is 0 Å². The Morgan fingerprint density at radius 1 is 2.00 bits per heavy atom. The fourth-order valence-corrected chi connectivity index (χ4v) is 0. The molecule has 0 aliphatic rings. The van der Waals surface area contributed by atoms with E-state index in [2.05, 4.69) is 0 Å². The lowest BCUT2D eigenvalue weighted by molar-refractivity contribution is 1.33. The van der Waals surface area contributed by atoms with E-state index >= 15 is 0 Å². The third-order valence-corrected chi connectivity index (χ3v) is 0.267. The summed E-state index contributed by atoms with van der Waals surface area (Å²) >= 11 is 5.01. The normalized spacial score (nSPS) is 7.50. The Hall–Kier alpha value is 0.250. The second-order valence-corrected chi connectivity index (χ2v) is 0.699. The number of halogens is 1. The lowest BCUT2D eigenvalue weighted by Gasteiger charge is -1.66. The molecule has 0 amide bonds. The van der Waals surface area contributed by atoms with Crippen LogP contribution in [0.2, 0.25) is 0 Å². The van der Waals surface area contributed by atoms with Crippen LogP contribution in [0.3, 0.4) is 0 Å². The van der Waals surface area contributed by atoms with Crippen molar-refractivity contribution in [2.75, 3.05) is 5.88 Å². The molecule has 0 saturated heterocycles. The monoisotopic (exact) mass is 78.0 g/mol. The van der Waals surface area contributed by atoms with Crippen molar-refractivity contribution in [1.82, 2.24) is 0 Å². The van der Waals surface area contributed by atoms with Gasteiger partial charge in [-0.25, -0.2) is 0 Å². The van der Waals surface area contributed by atoms with E-state index < -0.39 is 0 Å². The molecule has 25 valence electrons. The van der Waals surface area contributed by atoms with E-state index in [1.165, 1.54) is 6.54 Å². The molecule has 0 aromatic heterocycles. The molecule has 1 nitrogen and oxygen atoms in total. The Morgan fingerprint density at radius 2 is 2.25 bits per heavy atom. The lowest BCUT2D eigenvalue weighted by atomic mass is 10.8. The predicted molar refractivity (Wildman–Crippen MR) is 19.2 cm³/mol. The fourth-order valence-electron chi connectivity index (χ4n) is 0. The molecule has 0 spiro atoms. The molecule has 0 saturated carbocycles. The zero-order chi connectivity index (χ0) is 3.41. The Balaban J connectivity index is 1.97. The van der Waals surface area contributed by atoms with Gasteiger partial charge in [-0.3, -0.25) is 0 Å². The molecule has 4 heavy (non-hydrogen) atoms. The summed E-state index contributed by atoms with van der Waals surface area (Å²) in [6.07, 6.45) is 0. The molecule has 0 aromatic carbocycles. The van der Waals surface area contributed by atoms with Crippen LogP contribution in [0.15, 0.2) is 0 Å². The molecule has 0 aliphatic carbocycles. The highest BCUT2D eigenvalue weighted by Gasteiger charge is 1.59. The van der Waals surface area contributed by atoms with Gasteiger partial charge in [-0.15, -0.1) is 11.6 Å². The predicted octanol–water partition coefficient (Wildman–Crippen LogP) is 0.346. The maximum Gasteiger partial charge on any atom is 0.0390 e. The average molecular weight is 78.5 g/mol. The van der Waals surface area contributed by atoms with Crippen LogP contribution < -0.4 is 5.73 Å². The minimum absolute atomic E-state index is 0.444. The van der Waals surface area contributed by atoms with Gasteiger partial charge in [0.1, 0.15) is 0 Å². The molecule has 1 radical (unpaired) electrons. The van der Waals surface area contributed by atoms with E-state index in [9.17, 15) is 0 Å². The van der Waals surface area contributed by atoms with Crippen molar-refractivity contribution in [3.8, 4) is 0 Å². The molecule has 0 bridgehead atoms. The number of nitrogens with two attached hydrogens (primary N) is 1. The molecular formula is C2H5ClN. The highest BCUT2D eigenvalue weighted by atomic mass is 35.5. The topological polar surface area (TPSA) is 26.0 Å². The van der Waals surface area contributed by atoms with E-state index in [0.29, 0.717) is 5.88 Å². The van der Waals surface area contributed by atoms with Gasteiger partial charge < -0.3 is 5.73 Å². The van der Waals surface area contributed by atoms with Crippen LogP contribution in [0, 0.1) is 6.54 Å². The van der Waals surface area contributed by atoms with Crippen molar-refractivity contribution in [3.63, 3.8) is 0 Å². The first kappa shape index (κ1) is 4.25. The molecule has 2 N–H and O–H groups in total. The summed E-state index contributed by atoms with van der Waals surface area (Å²) in [6, 6.07) is 0. The van der Waals surface area contributed by atoms with Crippen LogP contribution in [-0.4, -0.2) is 5.88 Å². The van der Waals surface area contributed by atoms with E-state index in [-0.39, 0.29) is 0 Å². The van der Waals surface area contributed by atoms with Gasteiger partial charge in [-0.05, 0) is 0 Å². The third kappa shape index (κ3) is 2.25. The first-order valence-electron chi connectivity index (χ1n) is 1.01. The Morgan fingerprint density at radius 3 is 2.25 bits per heavy atom. The van der Waals surface area contributed by atoms with Gasteiger partial charge in [0, 0.05) is 12.4 Å². The number of hydrogen-bond acceptors (Lipinski definition) is 1. The van der Waals surface area contributed by atoms with Gasteiger partial charge in [-0.2, -0.15) is 0 Å². The minimum Gasteiger partial charge on any atom is -0.325 e. The maximum atomic E-state index is 5.01. The zero-order valence-electron chi connectivity index (χ0n) is 2.24. The second kappa shape index (κ2) is 3.25. The molecule has 0 rings (SSSR count). The quantitative estimate of drug-likeness (QED) is 0.450.